The molecule has 0 heterocycles. The molecular formula is C19H13FO. The summed E-state index contributed by atoms with van der Waals surface area (Å²) < 4.78 is 13.0. The average molecular weight is 276 g/mol. The van der Waals surface area contributed by atoms with Crippen LogP contribution in [0.4, 0.5) is 4.39 Å². The van der Waals surface area contributed by atoms with Crippen molar-refractivity contribution >= 4 is 17.9 Å². The van der Waals surface area contributed by atoms with E-state index in [1.807, 2.05) is 48.6 Å². The van der Waals surface area contributed by atoms with Crippen LogP contribution < -0.4 is 0 Å². The number of hydrogen-bond donors (Lipinski definition) is 0. The Labute approximate surface area is 122 Å². The molecule has 3 rings (SSSR count). The Morgan fingerprint density at radius 3 is 2.24 bits per heavy atom. The molecule has 0 fully saturated rings. The van der Waals surface area contributed by atoms with E-state index < -0.39 is 0 Å². The van der Waals surface area contributed by atoms with Gasteiger partial charge in [0.1, 0.15) is 5.82 Å². The Morgan fingerprint density at radius 2 is 1.57 bits per heavy atom. The van der Waals surface area contributed by atoms with Gasteiger partial charge < -0.3 is 0 Å². The number of allylic oxidation sites excluding steroid dienone is 5. The van der Waals surface area contributed by atoms with Crippen LogP contribution in [0.25, 0.3) is 11.6 Å². The summed E-state index contributed by atoms with van der Waals surface area (Å²) in [6.07, 6.45) is 6.64. The van der Waals surface area contributed by atoms with E-state index in [9.17, 15) is 9.18 Å². The van der Waals surface area contributed by atoms with Crippen LogP contribution in [-0.4, -0.2) is 6.29 Å². The molecule has 0 aromatic heterocycles. The normalized spacial score (nSPS) is 14.0. The molecule has 2 heteroatoms. The Morgan fingerprint density at radius 1 is 0.857 bits per heavy atom. The largest absolute Gasteiger partial charge is 0.298 e. The van der Waals surface area contributed by atoms with Crippen LogP contribution >= 0.6 is 0 Å². The van der Waals surface area contributed by atoms with Crippen molar-refractivity contribution < 1.29 is 9.18 Å². The molecule has 0 spiro atoms. The highest BCUT2D eigenvalue weighted by atomic mass is 19.1. The maximum atomic E-state index is 13.0. The molecular weight excluding hydrogens is 263 g/mol. The van der Waals surface area contributed by atoms with Gasteiger partial charge in [-0.05, 0) is 40.5 Å². The number of aldehydes is 1. The first-order valence-corrected chi connectivity index (χ1v) is 6.68. The summed E-state index contributed by atoms with van der Waals surface area (Å²) in [5.41, 5.74) is 4.45. The van der Waals surface area contributed by atoms with E-state index in [1.54, 1.807) is 12.1 Å². The third-order valence-corrected chi connectivity index (χ3v) is 3.40. The first-order valence-electron chi connectivity index (χ1n) is 6.68. The van der Waals surface area contributed by atoms with Gasteiger partial charge in [0.05, 0.1) is 0 Å². The van der Waals surface area contributed by atoms with Gasteiger partial charge >= 0.3 is 0 Å². The fraction of sp³-hybridized carbons (Fsp3) is 0. The molecule has 21 heavy (non-hydrogen) atoms. The topological polar surface area (TPSA) is 17.1 Å². The molecule has 1 aliphatic rings. The number of hydrogen-bond acceptors (Lipinski definition) is 1. The van der Waals surface area contributed by atoms with E-state index in [2.05, 4.69) is 0 Å². The third-order valence-electron chi connectivity index (χ3n) is 3.40. The smallest absolute Gasteiger partial charge is 0.150 e. The van der Waals surface area contributed by atoms with Crippen LogP contribution in [0, 0.1) is 5.82 Å². The highest BCUT2D eigenvalue weighted by Gasteiger charge is 2.19. The number of carbonyl (C=O) groups excluding carboxylic acids is 1. The molecule has 1 aliphatic carbocycles. The number of carbonyl (C=O) groups is 1. The second-order valence-corrected chi connectivity index (χ2v) is 4.80. The van der Waals surface area contributed by atoms with Crippen molar-refractivity contribution in [3.8, 4) is 0 Å². The van der Waals surface area contributed by atoms with Crippen molar-refractivity contribution in [1.82, 2.24) is 0 Å². The molecule has 1 nitrogen and oxygen atoms in total. The first kappa shape index (κ1) is 13.3. The number of rotatable bonds is 4. The Bertz CT molecular complexity index is 750. The van der Waals surface area contributed by atoms with Gasteiger partial charge in [-0.15, -0.1) is 0 Å². The highest BCUT2D eigenvalue weighted by Crippen LogP contribution is 2.36. The molecule has 0 N–H and O–H groups in total. The minimum absolute atomic E-state index is 0.281. The molecule has 0 amide bonds. The van der Waals surface area contributed by atoms with Crippen molar-refractivity contribution in [2.75, 3.05) is 0 Å². The Kier molecular flexibility index (Phi) is 3.61. The van der Waals surface area contributed by atoms with E-state index in [4.69, 9.17) is 0 Å². The summed E-state index contributed by atoms with van der Waals surface area (Å²) in [6.45, 7) is 0. The van der Waals surface area contributed by atoms with Gasteiger partial charge in [0, 0.05) is 5.57 Å². The van der Waals surface area contributed by atoms with E-state index >= 15 is 0 Å². The first-order chi connectivity index (χ1) is 10.3. The molecule has 0 aliphatic heterocycles. The zero-order valence-electron chi connectivity index (χ0n) is 11.3. The summed E-state index contributed by atoms with van der Waals surface area (Å²) in [7, 11) is 0. The maximum absolute atomic E-state index is 13.0. The van der Waals surface area contributed by atoms with Gasteiger partial charge in [0.2, 0.25) is 0 Å². The van der Waals surface area contributed by atoms with E-state index in [1.165, 1.54) is 12.1 Å². The quantitative estimate of drug-likeness (QED) is 0.755. The van der Waals surface area contributed by atoms with Gasteiger partial charge in [-0.3, -0.25) is 4.79 Å². The van der Waals surface area contributed by atoms with Gasteiger partial charge in [-0.25, -0.2) is 4.39 Å². The molecule has 2 aromatic rings. The van der Waals surface area contributed by atoms with Gasteiger partial charge in [-0.2, -0.15) is 0 Å². The van der Waals surface area contributed by atoms with E-state index in [-0.39, 0.29) is 5.82 Å². The lowest BCUT2D eigenvalue weighted by Crippen LogP contribution is -2.04. The molecule has 0 unspecified atom stereocenters. The zero-order chi connectivity index (χ0) is 14.7. The summed E-state index contributed by atoms with van der Waals surface area (Å²) in [4.78, 5) is 11.1. The van der Waals surface area contributed by atoms with E-state index in [0.717, 1.165) is 28.6 Å². The summed E-state index contributed by atoms with van der Waals surface area (Å²) >= 11 is 0. The Balaban J connectivity index is 1.92. The standard InChI is InChI=1S/C19H13FO/c20-18-10-8-15(9-11-18)19-16(12-17(19)13-21)7-6-14-4-2-1-3-5-14/h1-13H/b7-6+. The predicted molar refractivity (Wildman–Crippen MR) is 82.9 cm³/mol. The van der Waals surface area contributed by atoms with Crippen LogP contribution in [0.3, 0.4) is 0 Å². The average Bonchev–Trinajstić information content (AvgIpc) is 2.50. The Hall–Kier alpha value is -2.74. The van der Waals surface area contributed by atoms with Crippen molar-refractivity contribution in [2.24, 2.45) is 0 Å². The lowest BCUT2D eigenvalue weighted by atomic mass is 9.84. The van der Waals surface area contributed by atoms with Crippen molar-refractivity contribution in [1.29, 1.82) is 0 Å². The summed E-state index contributed by atoms with van der Waals surface area (Å²) in [6, 6.07) is 16.1. The lowest BCUT2D eigenvalue weighted by molar-refractivity contribution is -0.104. The number of benzene rings is 2. The van der Waals surface area contributed by atoms with Gasteiger partial charge in [0.15, 0.2) is 6.29 Å². The monoisotopic (exact) mass is 276 g/mol. The lowest BCUT2D eigenvalue weighted by Gasteiger charge is -2.19. The maximum Gasteiger partial charge on any atom is 0.150 e. The fourth-order valence-electron chi connectivity index (χ4n) is 2.33. The highest BCUT2D eigenvalue weighted by molar-refractivity contribution is 6.07. The summed E-state index contributed by atoms with van der Waals surface area (Å²) in [5, 5.41) is 0. The predicted octanol–water partition coefficient (Wildman–Crippen LogP) is 4.43. The third kappa shape index (κ3) is 2.75. The van der Waals surface area contributed by atoms with Crippen LogP contribution in [-0.2, 0) is 4.79 Å². The van der Waals surface area contributed by atoms with Crippen LogP contribution in [0.1, 0.15) is 11.1 Å². The van der Waals surface area contributed by atoms with Crippen molar-refractivity contribution in [2.45, 2.75) is 0 Å². The second-order valence-electron chi connectivity index (χ2n) is 4.80. The summed E-state index contributed by atoms with van der Waals surface area (Å²) in [5.74, 6) is -0.281. The minimum Gasteiger partial charge on any atom is -0.298 e. The fourth-order valence-corrected chi connectivity index (χ4v) is 2.33. The molecule has 2 aromatic carbocycles. The van der Waals surface area contributed by atoms with Crippen LogP contribution in [0.5, 0.6) is 0 Å². The van der Waals surface area contributed by atoms with E-state index in [0.29, 0.717) is 5.57 Å². The zero-order valence-corrected chi connectivity index (χ0v) is 11.3. The molecule has 0 bridgehead atoms. The molecule has 102 valence electrons. The number of halogens is 1. The van der Waals surface area contributed by atoms with Gasteiger partial charge in [-0.1, -0.05) is 54.6 Å². The minimum atomic E-state index is -0.281. The van der Waals surface area contributed by atoms with Crippen LogP contribution in [0.15, 0.2) is 77.9 Å². The van der Waals surface area contributed by atoms with Gasteiger partial charge in [0.25, 0.3) is 0 Å². The van der Waals surface area contributed by atoms with Crippen molar-refractivity contribution in [3.05, 3.63) is 94.8 Å². The molecule has 0 saturated carbocycles. The van der Waals surface area contributed by atoms with Crippen LogP contribution in [0.2, 0.25) is 0 Å². The second kappa shape index (κ2) is 5.71. The van der Waals surface area contributed by atoms with Crippen molar-refractivity contribution in [3.63, 3.8) is 0 Å². The molecule has 0 radical (unpaired) electrons. The SMILES string of the molecule is O=CC1=CC(/C=C/c2ccccc2)=C1c1ccc(F)cc1. The molecule has 0 atom stereocenters. The molecule has 0 saturated heterocycles.